The van der Waals surface area contributed by atoms with Crippen molar-refractivity contribution < 1.29 is 4.79 Å². The van der Waals surface area contributed by atoms with E-state index in [1.807, 2.05) is 43.3 Å². The van der Waals surface area contributed by atoms with Crippen LogP contribution in [-0.2, 0) is 6.54 Å². The molecule has 0 saturated carbocycles. The van der Waals surface area contributed by atoms with Crippen LogP contribution >= 0.6 is 0 Å². The fourth-order valence-corrected chi connectivity index (χ4v) is 2.93. The quantitative estimate of drug-likeness (QED) is 0.577. The Balaban J connectivity index is 1.58. The number of H-pyrrole nitrogens is 1. The molecule has 4 aromatic rings. The van der Waals surface area contributed by atoms with E-state index in [1.165, 1.54) is 11.0 Å². The first kappa shape index (κ1) is 17.6. The van der Waals surface area contributed by atoms with E-state index in [2.05, 4.69) is 20.2 Å². The average molecular weight is 374 g/mol. The van der Waals surface area contributed by atoms with E-state index in [-0.39, 0.29) is 23.7 Å². The zero-order chi connectivity index (χ0) is 19.5. The summed E-state index contributed by atoms with van der Waals surface area (Å²) in [4.78, 5) is 35.3. The summed E-state index contributed by atoms with van der Waals surface area (Å²) in [6.45, 7) is 2.47. The highest BCUT2D eigenvalue weighted by Crippen LogP contribution is 2.10. The van der Waals surface area contributed by atoms with Gasteiger partial charge in [-0.25, -0.2) is 4.98 Å². The summed E-state index contributed by atoms with van der Waals surface area (Å²) in [5.74, 6) is 0.148. The van der Waals surface area contributed by atoms with Crippen LogP contribution < -0.4 is 5.56 Å². The largest absolute Gasteiger partial charge is 0.330 e. The summed E-state index contributed by atoms with van der Waals surface area (Å²) in [5, 5.41) is 8.97. The van der Waals surface area contributed by atoms with Gasteiger partial charge in [-0.15, -0.1) is 5.10 Å². The molecule has 0 saturated heterocycles. The second kappa shape index (κ2) is 7.43. The predicted molar refractivity (Wildman–Crippen MR) is 104 cm³/mol. The van der Waals surface area contributed by atoms with Crippen LogP contribution in [0.2, 0.25) is 0 Å². The Morgan fingerprint density at radius 1 is 1.11 bits per heavy atom. The minimum Gasteiger partial charge on any atom is -0.330 e. The van der Waals surface area contributed by atoms with Crippen molar-refractivity contribution in [1.29, 1.82) is 0 Å². The minimum absolute atomic E-state index is 0.174. The van der Waals surface area contributed by atoms with E-state index in [1.54, 1.807) is 23.1 Å². The molecule has 0 spiro atoms. The van der Waals surface area contributed by atoms with Crippen LogP contribution in [-0.4, -0.2) is 42.3 Å². The van der Waals surface area contributed by atoms with Crippen molar-refractivity contribution in [3.8, 4) is 5.69 Å². The van der Waals surface area contributed by atoms with Gasteiger partial charge in [-0.3, -0.25) is 9.59 Å². The Labute approximate surface area is 160 Å². The van der Waals surface area contributed by atoms with E-state index in [9.17, 15) is 9.59 Å². The number of amides is 1. The van der Waals surface area contributed by atoms with E-state index in [0.29, 0.717) is 23.3 Å². The lowest BCUT2D eigenvalue weighted by Gasteiger charge is -2.19. The zero-order valence-corrected chi connectivity index (χ0v) is 15.2. The third-order valence-electron chi connectivity index (χ3n) is 4.37. The molecule has 0 aliphatic heterocycles. The maximum Gasteiger partial charge on any atom is 0.276 e. The summed E-state index contributed by atoms with van der Waals surface area (Å²) in [5.41, 5.74) is 1.37. The Bertz CT molecular complexity index is 1180. The third kappa shape index (κ3) is 3.39. The number of aromatic nitrogens is 5. The molecule has 140 valence electrons. The molecule has 1 N–H and O–H groups in total. The van der Waals surface area contributed by atoms with Crippen LogP contribution in [0.4, 0.5) is 0 Å². The van der Waals surface area contributed by atoms with Gasteiger partial charge in [0.1, 0.15) is 5.82 Å². The molecule has 0 radical (unpaired) electrons. The van der Waals surface area contributed by atoms with Crippen LogP contribution in [0.3, 0.4) is 0 Å². The van der Waals surface area contributed by atoms with E-state index in [4.69, 9.17) is 0 Å². The van der Waals surface area contributed by atoms with Crippen molar-refractivity contribution in [3.05, 3.63) is 82.7 Å². The fourth-order valence-electron chi connectivity index (χ4n) is 2.93. The molecule has 2 heterocycles. The Kier molecular flexibility index (Phi) is 4.67. The van der Waals surface area contributed by atoms with Gasteiger partial charge >= 0.3 is 0 Å². The van der Waals surface area contributed by atoms with E-state index >= 15 is 0 Å². The number of aromatic amines is 1. The second-order valence-corrected chi connectivity index (χ2v) is 6.20. The fraction of sp³-hybridized carbons (Fsp3) is 0.150. The van der Waals surface area contributed by atoms with Gasteiger partial charge in [0.2, 0.25) is 0 Å². The normalized spacial score (nSPS) is 10.9. The van der Waals surface area contributed by atoms with Crippen molar-refractivity contribution in [2.75, 3.05) is 6.54 Å². The first-order valence-corrected chi connectivity index (χ1v) is 8.90. The van der Waals surface area contributed by atoms with Gasteiger partial charge in [-0.1, -0.05) is 30.3 Å². The smallest absolute Gasteiger partial charge is 0.276 e. The molecule has 2 aromatic heterocycles. The molecule has 8 nitrogen and oxygen atoms in total. The molecule has 28 heavy (non-hydrogen) atoms. The lowest BCUT2D eigenvalue weighted by molar-refractivity contribution is 0.0742. The molecule has 0 aliphatic carbocycles. The highest BCUT2D eigenvalue weighted by atomic mass is 16.2. The van der Waals surface area contributed by atoms with Crippen LogP contribution in [0.25, 0.3) is 16.6 Å². The third-order valence-corrected chi connectivity index (χ3v) is 4.37. The molecule has 0 fully saturated rings. The monoisotopic (exact) mass is 374 g/mol. The number of nitrogens with zero attached hydrogens (tertiary/aromatic N) is 5. The van der Waals surface area contributed by atoms with Gasteiger partial charge in [0, 0.05) is 6.54 Å². The van der Waals surface area contributed by atoms with Gasteiger partial charge in [0.25, 0.3) is 11.5 Å². The highest BCUT2D eigenvalue weighted by Gasteiger charge is 2.19. The second-order valence-electron chi connectivity index (χ2n) is 6.20. The topological polar surface area (TPSA) is 96.8 Å². The Morgan fingerprint density at radius 2 is 1.86 bits per heavy atom. The molecule has 2 aromatic carbocycles. The summed E-state index contributed by atoms with van der Waals surface area (Å²) in [6.07, 6.45) is 1.44. The van der Waals surface area contributed by atoms with Crippen molar-refractivity contribution in [3.63, 3.8) is 0 Å². The number of nitrogens with one attached hydrogen (secondary N) is 1. The highest BCUT2D eigenvalue weighted by molar-refractivity contribution is 5.91. The summed E-state index contributed by atoms with van der Waals surface area (Å²) in [7, 11) is 0. The Hall–Kier alpha value is -3.81. The van der Waals surface area contributed by atoms with Crippen LogP contribution in [0.1, 0.15) is 23.2 Å². The van der Waals surface area contributed by atoms with Crippen molar-refractivity contribution >= 4 is 16.8 Å². The molecule has 0 unspecified atom stereocenters. The number of fused-ring (bicyclic) bond motifs is 1. The minimum atomic E-state index is -0.277. The lowest BCUT2D eigenvalue weighted by Crippen LogP contribution is -2.32. The number of benzene rings is 2. The van der Waals surface area contributed by atoms with E-state index < -0.39 is 0 Å². The van der Waals surface area contributed by atoms with Crippen molar-refractivity contribution in [1.82, 2.24) is 29.9 Å². The van der Waals surface area contributed by atoms with Gasteiger partial charge in [0.15, 0.2) is 5.69 Å². The molecule has 0 bridgehead atoms. The number of para-hydroxylation sites is 2. The molecular formula is C20H18N6O2. The average Bonchev–Trinajstić information content (AvgIpc) is 3.22. The van der Waals surface area contributed by atoms with E-state index in [0.717, 1.165) is 5.69 Å². The lowest BCUT2D eigenvalue weighted by atomic mass is 10.2. The number of hydrogen-bond acceptors (Lipinski definition) is 5. The summed E-state index contributed by atoms with van der Waals surface area (Å²) in [6, 6.07) is 16.5. The van der Waals surface area contributed by atoms with Crippen molar-refractivity contribution in [2.24, 2.45) is 0 Å². The number of carbonyl (C=O) groups is 1. The van der Waals surface area contributed by atoms with Gasteiger partial charge < -0.3 is 9.88 Å². The SMILES string of the molecule is CCN(Cc1nc2ccccc2c(=O)[nH]1)C(=O)c1cnn(-c2ccccc2)n1. The maximum absolute atomic E-state index is 12.9. The molecule has 8 heteroatoms. The van der Waals surface area contributed by atoms with Gasteiger partial charge in [0.05, 0.1) is 29.3 Å². The standard InChI is InChI=1S/C20H18N6O2/c1-2-25(13-18-22-16-11-7-6-10-15(16)19(27)23-18)20(28)17-12-21-26(24-17)14-8-4-3-5-9-14/h3-12H,2,13H2,1H3,(H,22,23,27). The molecule has 1 amide bonds. The maximum atomic E-state index is 12.9. The van der Waals surface area contributed by atoms with Crippen LogP contribution in [0, 0.1) is 0 Å². The van der Waals surface area contributed by atoms with Gasteiger partial charge in [-0.05, 0) is 31.2 Å². The summed E-state index contributed by atoms with van der Waals surface area (Å²) < 4.78 is 0. The zero-order valence-electron chi connectivity index (χ0n) is 15.2. The first-order chi connectivity index (χ1) is 13.7. The number of hydrogen-bond donors (Lipinski definition) is 1. The molecule has 0 aliphatic rings. The number of carbonyl (C=O) groups excluding carboxylic acids is 1. The Morgan fingerprint density at radius 3 is 2.64 bits per heavy atom. The molecular weight excluding hydrogens is 356 g/mol. The number of rotatable bonds is 5. The van der Waals surface area contributed by atoms with Crippen LogP contribution in [0.5, 0.6) is 0 Å². The summed E-state index contributed by atoms with van der Waals surface area (Å²) >= 11 is 0. The molecule has 4 rings (SSSR count). The predicted octanol–water partition coefficient (Wildman–Crippen LogP) is 2.17. The first-order valence-electron chi connectivity index (χ1n) is 8.90. The molecule has 0 atom stereocenters. The van der Waals surface area contributed by atoms with Crippen molar-refractivity contribution in [2.45, 2.75) is 13.5 Å². The van der Waals surface area contributed by atoms with Gasteiger partial charge in [-0.2, -0.15) is 9.90 Å². The van der Waals surface area contributed by atoms with Crippen LogP contribution in [0.15, 0.2) is 65.6 Å².